The van der Waals surface area contributed by atoms with Crippen LogP contribution in [-0.2, 0) is 0 Å². The van der Waals surface area contributed by atoms with Gasteiger partial charge in [-0.2, -0.15) is 0 Å². The molecule has 1 atom stereocenters. The maximum absolute atomic E-state index is 5.90. The van der Waals surface area contributed by atoms with Crippen molar-refractivity contribution in [3.8, 4) is 18.1 Å². The topological polar surface area (TPSA) is 35.2 Å². The highest BCUT2D eigenvalue weighted by Gasteiger charge is 2.07. The third-order valence-corrected chi connectivity index (χ3v) is 2.38. The van der Waals surface area contributed by atoms with Gasteiger partial charge in [-0.05, 0) is 26.3 Å². The molecule has 0 saturated carbocycles. The van der Waals surface area contributed by atoms with Gasteiger partial charge < -0.3 is 10.5 Å². The van der Waals surface area contributed by atoms with E-state index >= 15 is 0 Å². The van der Waals surface area contributed by atoms with Gasteiger partial charge in [-0.15, -0.1) is 12.3 Å². The Morgan fingerprint density at radius 1 is 1.50 bits per heavy atom. The molecule has 0 aliphatic carbocycles. The van der Waals surface area contributed by atoms with Crippen molar-refractivity contribution < 1.29 is 4.74 Å². The van der Waals surface area contributed by atoms with Gasteiger partial charge in [0.2, 0.25) is 0 Å². The van der Waals surface area contributed by atoms with E-state index in [2.05, 4.69) is 12.0 Å². The van der Waals surface area contributed by atoms with Gasteiger partial charge in [0.1, 0.15) is 5.75 Å². The number of benzene rings is 1. The number of nitrogens with two attached hydrogens (primary N) is 1. The van der Waals surface area contributed by atoms with E-state index in [0.29, 0.717) is 6.61 Å². The van der Waals surface area contributed by atoms with Crippen molar-refractivity contribution in [2.75, 3.05) is 6.61 Å². The second-order valence-corrected chi connectivity index (χ2v) is 3.99. The lowest BCUT2D eigenvalue weighted by atomic mass is 10.1. The van der Waals surface area contributed by atoms with Crippen LogP contribution >= 0.6 is 0 Å². The zero-order chi connectivity index (χ0) is 12.0. The standard InChI is InChI=1S/C14H19NO/c1-4-5-6-9-16-14-8-7-11(2)10-13(14)12(3)15/h1,7-8,10,12H,5-6,9,15H2,2-3H3. The van der Waals surface area contributed by atoms with Crippen molar-refractivity contribution in [2.24, 2.45) is 5.73 Å². The molecule has 1 unspecified atom stereocenters. The predicted octanol–water partition coefficient (Wildman–Crippen LogP) is 2.81. The molecule has 0 spiro atoms. The molecule has 2 heteroatoms. The van der Waals surface area contributed by atoms with Gasteiger partial charge in [-0.3, -0.25) is 0 Å². The number of unbranched alkanes of at least 4 members (excludes halogenated alkanes) is 1. The van der Waals surface area contributed by atoms with Gasteiger partial charge in [0, 0.05) is 18.0 Å². The van der Waals surface area contributed by atoms with E-state index in [1.165, 1.54) is 5.56 Å². The summed E-state index contributed by atoms with van der Waals surface area (Å²) in [7, 11) is 0. The summed E-state index contributed by atoms with van der Waals surface area (Å²) in [5, 5.41) is 0. The summed E-state index contributed by atoms with van der Waals surface area (Å²) < 4.78 is 5.68. The molecular formula is C14H19NO. The molecule has 0 fully saturated rings. The number of hydrogen-bond acceptors (Lipinski definition) is 2. The third kappa shape index (κ3) is 3.60. The molecule has 0 radical (unpaired) electrons. The number of hydrogen-bond donors (Lipinski definition) is 1. The highest BCUT2D eigenvalue weighted by molar-refractivity contribution is 5.38. The Labute approximate surface area is 97.8 Å². The van der Waals surface area contributed by atoms with Crippen molar-refractivity contribution in [3.05, 3.63) is 29.3 Å². The second-order valence-electron chi connectivity index (χ2n) is 3.99. The first-order valence-corrected chi connectivity index (χ1v) is 5.57. The molecule has 0 aliphatic rings. The summed E-state index contributed by atoms with van der Waals surface area (Å²) in [6.07, 6.45) is 6.81. The fourth-order valence-electron chi connectivity index (χ4n) is 1.51. The maximum atomic E-state index is 5.90. The predicted molar refractivity (Wildman–Crippen MR) is 67.3 cm³/mol. The Morgan fingerprint density at radius 2 is 2.25 bits per heavy atom. The highest BCUT2D eigenvalue weighted by atomic mass is 16.5. The smallest absolute Gasteiger partial charge is 0.124 e. The van der Waals surface area contributed by atoms with Gasteiger partial charge in [0.25, 0.3) is 0 Å². The molecule has 1 rings (SSSR count). The first-order valence-electron chi connectivity index (χ1n) is 5.57. The van der Waals surface area contributed by atoms with Crippen LogP contribution in [0.5, 0.6) is 5.75 Å². The summed E-state index contributed by atoms with van der Waals surface area (Å²) in [5.41, 5.74) is 8.16. The van der Waals surface area contributed by atoms with Crippen LogP contribution in [0.2, 0.25) is 0 Å². The lowest BCUT2D eigenvalue weighted by Gasteiger charge is -2.14. The van der Waals surface area contributed by atoms with Crippen LogP contribution in [0, 0.1) is 19.3 Å². The van der Waals surface area contributed by atoms with Gasteiger partial charge >= 0.3 is 0 Å². The zero-order valence-corrected chi connectivity index (χ0v) is 9.99. The number of terminal acetylenes is 1. The average molecular weight is 217 g/mol. The number of rotatable bonds is 5. The van der Waals surface area contributed by atoms with Crippen LogP contribution in [0.15, 0.2) is 18.2 Å². The fraction of sp³-hybridized carbons (Fsp3) is 0.429. The Hall–Kier alpha value is -1.46. The van der Waals surface area contributed by atoms with Crippen LogP contribution in [0.3, 0.4) is 0 Å². The summed E-state index contributed by atoms with van der Waals surface area (Å²) in [4.78, 5) is 0. The van der Waals surface area contributed by atoms with Crippen molar-refractivity contribution in [1.82, 2.24) is 0 Å². The van der Waals surface area contributed by atoms with Gasteiger partial charge in [0.05, 0.1) is 6.61 Å². The molecule has 0 amide bonds. The lowest BCUT2D eigenvalue weighted by molar-refractivity contribution is 0.308. The molecule has 0 heterocycles. The van der Waals surface area contributed by atoms with Crippen molar-refractivity contribution >= 4 is 0 Å². The SMILES string of the molecule is C#CCCCOc1ccc(C)cc1C(C)N. The van der Waals surface area contributed by atoms with Crippen LogP contribution in [-0.4, -0.2) is 6.61 Å². The van der Waals surface area contributed by atoms with E-state index in [1.54, 1.807) is 0 Å². The Morgan fingerprint density at radius 3 is 2.88 bits per heavy atom. The summed E-state index contributed by atoms with van der Waals surface area (Å²) in [6, 6.07) is 6.07. The molecule has 16 heavy (non-hydrogen) atoms. The number of aryl methyl sites for hydroxylation is 1. The van der Waals surface area contributed by atoms with E-state index in [-0.39, 0.29) is 6.04 Å². The lowest BCUT2D eigenvalue weighted by Crippen LogP contribution is -2.09. The highest BCUT2D eigenvalue weighted by Crippen LogP contribution is 2.25. The van der Waals surface area contributed by atoms with Gasteiger partial charge in [-0.25, -0.2) is 0 Å². The Bertz CT molecular complexity index is 377. The fourth-order valence-corrected chi connectivity index (χ4v) is 1.51. The molecule has 2 N–H and O–H groups in total. The molecule has 0 aromatic heterocycles. The monoisotopic (exact) mass is 217 g/mol. The molecule has 0 saturated heterocycles. The summed E-state index contributed by atoms with van der Waals surface area (Å²) >= 11 is 0. The van der Waals surface area contributed by atoms with Gasteiger partial charge in [0.15, 0.2) is 0 Å². The van der Waals surface area contributed by atoms with Gasteiger partial charge in [-0.1, -0.05) is 17.7 Å². The maximum Gasteiger partial charge on any atom is 0.124 e. The molecule has 1 aromatic rings. The molecule has 0 aliphatic heterocycles. The van der Waals surface area contributed by atoms with Crippen LogP contribution in [0.1, 0.15) is 36.9 Å². The van der Waals surface area contributed by atoms with E-state index in [9.17, 15) is 0 Å². The van der Waals surface area contributed by atoms with Crippen molar-refractivity contribution in [1.29, 1.82) is 0 Å². The van der Waals surface area contributed by atoms with Crippen molar-refractivity contribution in [2.45, 2.75) is 32.7 Å². The number of ether oxygens (including phenoxy) is 1. The van der Waals surface area contributed by atoms with Crippen LogP contribution < -0.4 is 10.5 Å². The Kier molecular flexibility index (Phi) is 4.88. The minimum atomic E-state index is -0.0115. The third-order valence-electron chi connectivity index (χ3n) is 2.38. The second kappa shape index (κ2) is 6.19. The molecule has 0 bridgehead atoms. The minimum absolute atomic E-state index is 0.0115. The zero-order valence-electron chi connectivity index (χ0n) is 9.99. The van der Waals surface area contributed by atoms with E-state index in [0.717, 1.165) is 24.2 Å². The molecule has 86 valence electrons. The van der Waals surface area contributed by atoms with Crippen LogP contribution in [0.25, 0.3) is 0 Å². The van der Waals surface area contributed by atoms with E-state index < -0.39 is 0 Å². The Balaban J connectivity index is 2.68. The molecule has 2 nitrogen and oxygen atoms in total. The largest absolute Gasteiger partial charge is 0.493 e. The van der Waals surface area contributed by atoms with Crippen molar-refractivity contribution in [3.63, 3.8) is 0 Å². The molecular weight excluding hydrogens is 198 g/mol. The first kappa shape index (κ1) is 12.6. The first-order chi connectivity index (χ1) is 7.65. The summed E-state index contributed by atoms with van der Waals surface area (Å²) in [5.74, 6) is 3.47. The quantitative estimate of drug-likeness (QED) is 0.608. The van der Waals surface area contributed by atoms with Crippen LogP contribution in [0.4, 0.5) is 0 Å². The average Bonchev–Trinajstić information content (AvgIpc) is 2.26. The van der Waals surface area contributed by atoms with E-state index in [1.807, 2.05) is 26.0 Å². The molecule has 1 aromatic carbocycles. The summed E-state index contributed by atoms with van der Waals surface area (Å²) in [6.45, 7) is 4.66. The minimum Gasteiger partial charge on any atom is -0.493 e. The van der Waals surface area contributed by atoms with E-state index in [4.69, 9.17) is 16.9 Å². The normalized spacial score (nSPS) is 11.9.